The Kier molecular flexibility index (Phi) is 6.36. The number of rotatable bonds is 4. The summed E-state index contributed by atoms with van der Waals surface area (Å²) in [6, 6.07) is 1.08. The van der Waals surface area contributed by atoms with Gasteiger partial charge in [0, 0.05) is 12.3 Å². The normalized spacial score (nSPS) is 9.92. The van der Waals surface area contributed by atoms with Crippen molar-refractivity contribution in [2.75, 3.05) is 27.6 Å². The second-order valence-electron chi connectivity index (χ2n) is 4.64. The average Bonchev–Trinajstić information content (AvgIpc) is 2.67. The van der Waals surface area contributed by atoms with Crippen molar-refractivity contribution in [1.29, 1.82) is 0 Å². The molecule has 0 fully saturated rings. The Balaban J connectivity index is 2.62. The topological polar surface area (TPSA) is 70.5 Å². The van der Waals surface area contributed by atoms with E-state index in [1.165, 1.54) is 39.3 Å². The SMILES string of the molecule is COC(=O)c1nc(SC)ncc1C#Cc1c(F)c(OC)cc(OC)c1F. The Hall–Kier alpha value is -2.86. The fraction of sp³-hybridized carbons (Fsp3) is 0.235. The first kappa shape index (κ1) is 19.5. The molecule has 0 aliphatic heterocycles. The molecule has 136 valence electrons. The van der Waals surface area contributed by atoms with Crippen LogP contribution < -0.4 is 9.47 Å². The second-order valence-corrected chi connectivity index (χ2v) is 5.42. The number of nitrogens with zero attached hydrogens (tertiary/aromatic N) is 2. The van der Waals surface area contributed by atoms with Gasteiger partial charge in [0.2, 0.25) is 0 Å². The second kappa shape index (κ2) is 8.49. The molecule has 0 N–H and O–H groups in total. The Morgan fingerprint density at radius 1 is 1.12 bits per heavy atom. The molecule has 0 saturated heterocycles. The molecule has 0 unspecified atom stereocenters. The highest BCUT2D eigenvalue weighted by atomic mass is 32.2. The molecule has 2 rings (SSSR count). The number of thioether (sulfide) groups is 1. The van der Waals surface area contributed by atoms with E-state index in [0.29, 0.717) is 5.16 Å². The monoisotopic (exact) mass is 380 g/mol. The summed E-state index contributed by atoms with van der Waals surface area (Å²) in [5.41, 5.74) is -0.601. The summed E-state index contributed by atoms with van der Waals surface area (Å²) in [6.45, 7) is 0. The van der Waals surface area contributed by atoms with Gasteiger partial charge in [-0.25, -0.2) is 23.5 Å². The largest absolute Gasteiger partial charge is 0.493 e. The van der Waals surface area contributed by atoms with Gasteiger partial charge in [-0.2, -0.15) is 0 Å². The highest BCUT2D eigenvalue weighted by Crippen LogP contribution is 2.30. The number of halogens is 2. The zero-order chi connectivity index (χ0) is 19.3. The van der Waals surface area contributed by atoms with E-state index in [-0.39, 0.29) is 22.8 Å². The van der Waals surface area contributed by atoms with Crippen LogP contribution in [0.3, 0.4) is 0 Å². The maximum atomic E-state index is 14.3. The van der Waals surface area contributed by atoms with Crippen molar-refractivity contribution in [2.24, 2.45) is 0 Å². The Morgan fingerprint density at radius 2 is 1.73 bits per heavy atom. The van der Waals surface area contributed by atoms with E-state index in [0.717, 1.165) is 6.07 Å². The third-order valence-electron chi connectivity index (χ3n) is 3.22. The predicted molar refractivity (Wildman–Crippen MR) is 90.6 cm³/mol. The van der Waals surface area contributed by atoms with Crippen molar-refractivity contribution in [3.8, 4) is 23.3 Å². The van der Waals surface area contributed by atoms with Gasteiger partial charge < -0.3 is 14.2 Å². The lowest BCUT2D eigenvalue weighted by Crippen LogP contribution is -2.09. The molecular weight excluding hydrogens is 366 g/mol. The number of aromatic nitrogens is 2. The zero-order valence-electron chi connectivity index (χ0n) is 14.3. The zero-order valence-corrected chi connectivity index (χ0v) is 15.2. The molecule has 0 bridgehead atoms. The van der Waals surface area contributed by atoms with Crippen LogP contribution in [0.4, 0.5) is 8.78 Å². The average molecular weight is 380 g/mol. The molecule has 6 nitrogen and oxygen atoms in total. The molecule has 2 aromatic rings. The Morgan fingerprint density at radius 3 is 2.23 bits per heavy atom. The number of ether oxygens (including phenoxy) is 3. The summed E-state index contributed by atoms with van der Waals surface area (Å²) >= 11 is 1.22. The van der Waals surface area contributed by atoms with Crippen molar-refractivity contribution >= 4 is 17.7 Å². The standard InChI is InChI=1S/C17H14F2N2O4S/c1-23-11-7-12(24-2)14(19)10(13(11)18)6-5-9-8-20-17(26-4)21-15(9)16(22)25-3/h7-8H,1-4H3. The van der Waals surface area contributed by atoms with Gasteiger partial charge in [0.1, 0.15) is 5.56 Å². The molecule has 0 spiro atoms. The maximum Gasteiger partial charge on any atom is 0.358 e. The predicted octanol–water partition coefficient (Wildman–Crippen LogP) is 2.68. The van der Waals surface area contributed by atoms with Crippen LogP contribution in [0.25, 0.3) is 0 Å². The minimum atomic E-state index is -0.987. The van der Waals surface area contributed by atoms with E-state index in [1.54, 1.807) is 6.26 Å². The van der Waals surface area contributed by atoms with Gasteiger partial charge in [-0.1, -0.05) is 23.6 Å². The molecular formula is C17H14F2N2O4S. The highest BCUT2D eigenvalue weighted by molar-refractivity contribution is 7.98. The number of methoxy groups -OCH3 is 3. The molecule has 0 aliphatic rings. The lowest BCUT2D eigenvalue weighted by atomic mass is 10.1. The first-order valence-electron chi connectivity index (χ1n) is 7.08. The van der Waals surface area contributed by atoms with E-state index in [1.807, 2.05) is 0 Å². The maximum absolute atomic E-state index is 14.3. The van der Waals surface area contributed by atoms with E-state index in [2.05, 4.69) is 26.5 Å². The third kappa shape index (κ3) is 3.86. The van der Waals surface area contributed by atoms with Gasteiger partial charge in [0.05, 0.1) is 26.9 Å². The van der Waals surface area contributed by atoms with Gasteiger partial charge in [0.15, 0.2) is 34.0 Å². The van der Waals surface area contributed by atoms with Crippen LogP contribution in [0.5, 0.6) is 11.5 Å². The summed E-state index contributed by atoms with van der Waals surface area (Å²) in [5.74, 6) is 1.69. The van der Waals surface area contributed by atoms with Crippen LogP contribution in [0.15, 0.2) is 17.4 Å². The summed E-state index contributed by atoms with van der Waals surface area (Å²) in [7, 11) is 3.65. The Bertz CT molecular complexity index is 882. The van der Waals surface area contributed by atoms with Crippen molar-refractivity contribution < 1.29 is 27.8 Å². The van der Waals surface area contributed by atoms with Gasteiger partial charge in [-0.3, -0.25) is 0 Å². The van der Waals surface area contributed by atoms with E-state index in [9.17, 15) is 13.6 Å². The minimum absolute atomic E-state index is 0.0650. The first-order chi connectivity index (χ1) is 12.5. The van der Waals surface area contributed by atoms with Crippen LogP contribution in [0.1, 0.15) is 21.6 Å². The van der Waals surface area contributed by atoms with Crippen LogP contribution >= 0.6 is 11.8 Å². The molecule has 0 aliphatic carbocycles. The summed E-state index contributed by atoms with van der Waals surface area (Å²) in [5, 5.41) is 0.330. The molecule has 1 aromatic carbocycles. The molecule has 9 heteroatoms. The van der Waals surface area contributed by atoms with E-state index in [4.69, 9.17) is 9.47 Å². The lowest BCUT2D eigenvalue weighted by molar-refractivity contribution is 0.0592. The number of benzene rings is 1. The van der Waals surface area contributed by atoms with Gasteiger partial charge in [-0.15, -0.1) is 0 Å². The van der Waals surface area contributed by atoms with E-state index >= 15 is 0 Å². The molecule has 1 aromatic heterocycles. The Labute approximate surface area is 152 Å². The molecule has 26 heavy (non-hydrogen) atoms. The lowest BCUT2D eigenvalue weighted by Gasteiger charge is -2.09. The molecule has 0 amide bonds. The number of carbonyl (C=O) groups excluding carboxylic acids is 1. The van der Waals surface area contributed by atoms with Crippen molar-refractivity contribution in [3.05, 3.63) is 40.7 Å². The van der Waals surface area contributed by atoms with Crippen molar-refractivity contribution in [1.82, 2.24) is 9.97 Å². The molecule has 0 atom stereocenters. The fourth-order valence-corrected chi connectivity index (χ4v) is 2.27. The van der Waals surface area contributed by atoms with Crippen molar-refractivity contribution in [2.45, 2.75) is 5.16 Å². The van der Waals surface area contributed by atoms with Gasteiger partial charge >= 0.3 is 5.97 Å². The van der Waals surface area contributed by atoms with Crippen molar-refractivity contribution in [3.63, 3.8) is 0 Å². The number of carbonyl (C=O) groups is 1. The fourth-order valence-electron chi connectivity index (χ4n) is 1.93. The van der Waals surface area contributed by atoms with Crippen LogP contribution in [-0.4, -0.2) is 43.5 Å². The van der Waals surface area contributed by atoms with Crippen LogP contribution in [0.2, 0.25) is 0 Å². The highest BCUT2D eigenvalue weighted by Gasteiger charge is 2.19. The summed E-state index contributed by atoms with van der Waals surface area (Å²) in [6.07, 6.45) is 3.01. The summed E-state index contributed by atoms with van der Waals surface area (Å²) in [4.78, 5) is 19.9. The molecule has 0 saturated carbocycles. The molecule has 1 heterocycles. The third-order valence-corrected chi connectivity index (χ3v) is 3.79. The first-order valence-corrected chi connectivity index (χ1v) is 8.30. The smallest absolute Gasteiger partial charge is 0.358 e. The van der Waals surface area contributed by atoms with Gasteiger partial charge in [0.25, 0.3) is 0 Å². The van der Waals surface area contributed by atoms with E-state index < -0.39 is 23.2 Å². The molecule has 0 radical (unpaired) electrons. The number of hydrogen-bond acceptors (Lipinski definition) is 7. The number of hydrogen-bond donors (Lipinski definition) is 0. The minimum Gasteiger partial charge on any atom is -0.493 e. The van der Waals surface area contributed by atoms with Gasteiger partial charge in [-0.05, 0) is 6.26 Å². The number of esters is 1. The van der Waals surface area contributed by atoms with Crippen LogP contribution in [0, 0.1) is 23.5 Å². The quantitative estimate of drug-likeness (QED) is 0.350. The summed E-state index contributed by atoms with van der Waals surface area (Å²) < 4.78 is 43.1. The van der Waals surface area contributed by atoms with Crippen LogP contribution in [-0.2, 0) is 4.74 Å².